The molecule has 0 bridgehead atoms. The molecule has 0 fully saturated rings. The molecular weight excluding hydrogens is 192 g/mol. The number of aromatic nitrogens is 2. The maximum atomic E-state index is 11.4. The van der Waals surface area contributed by atoms with Crippen molar-refractivity contribution in [1.29, 1.82) is 0 Å². The van der Waals surface area contributed by atoms with Gasteiger partial charge in [-0.2, -0.15) is 0 Å². The quantitative estimate of drug-likeness (QED) is 0.697. The van der Waals surface area contributed by atoms with Crippen LogP contribution >= 0.6 is 0 Å². The molecule has 0 saturated carbocycles. The second-order valence-electron chi connectivity index (χ2n) is 3.67. The first-order valence-corrected chi connectivity index (χ1v) is 5.18. The van der Waals surface area contributed by atoms with E-state index < -0.39 is 0 Å². The van der Waals surface area contributed by atoms with Gasteiger partial charge in [-0.15, -0.1) is 0 Å². The Balaban J connectivity index is 1.80. The molecule has 1 aliphatic carbocycles. The molecule has 0 aliphatic heterocycles. The number of carbonyl (C=O) groups excluding carboxylic acids is 1. The lowest BCUT2D eigenvalue weighted by atomic mass is 9.97. The zero-order valence-corrected chi connectivity index (χ0v) is 8.50. The number of ether oxygens (including phenoxy) is 1. The largest absolute Gasteiger partial charge is 0.448 e. The topological polar surface area (TPSA) is 44.1 Å². The second-order valence-corrected chi connectivity index (χ2v) is 3.67. The van der Waals surface area contributed by atoms with Crippen LogP contribution in [0.2, 0.25) is 0 Å². The fraction of sp³-hybridized carbons (Fsp3) is 0.455. The molecule has 0 N–H and O–H groups in total. The van der Waals surface area contributed by atoms with Crippen LogP contribution in [0.5, 0.6) is 0 Å². The van der Waals surface area contributed by atoms with E-state index in [1.54, 1.807) is 12.4 Å². The Labute approximate surface area is 88.6 Å². The Hall–Kier alpha value is -1.58. The predicted molar refractivity (Wildman–Crippen MR) is 55.5 cm³/mol. The normalized spacial score (nSPS) is 20.1. The van der Waals surface area contributed by atoms with Crippen molar-refractivity contribution < 1.29 is 9.53 Å². The van der Waals surface area contributed by atoms with Gasteiger partial charge in [-0.1, -0.05) is 12.2 Å². The summed E-state index contributed by atoms with van der Waals surface area (Å²) in [6.07, 6.45) is 11.9. The van der Waals surface area contributed by atoms with Crippen molar-refractivity contribution in [3.63, 3.8) is 0 Å². The number of hydrogen-bond acceptors (Lipinski definition) is 3. The summed E-state index contributed by atoms with van der Waals surface area (Å²) in [7, 11) is 0. The third-order valence-electron chi connectivity index (χ3n) is 2.49. The van der Waals surface area contributed by atoms with Crippen molar-refractivity contribution in [2.75, 3.05) is 6.61 Å². The van der Waals surface area contributed by atoms with Crippen molar-refractivity contribution in [1.82, 2.24) is 9.55 Å². The van der Waals surface area contributed by atoms with Crippen molar-refractivity contribution >= 4 is 6.09 Å². The monoisotopic (exact) mass is 206 g/mol. The van der Waals surface area contributed by atoms with Crippen LogP contribution in [-0.2, 0) is 4.74 Å². The molecule has 80 valence electrons. The zero-order chi connectivity index (χ0) is 10.5. The van der Waals surface area contributed by atoms with Crippen LogP contribution in [0.3, 0.4) is 0 Å². The van der Waals surface area contributed by atoms with E-state index in [2.05, 4.69) is 17.1 Å². The molecule has 4 heteroatoms. The number of rotatable bonds is 2. The van der Waals surface area contributed by atoms with E-state index >= 15 is 0 Å². The van der Waals surface area contributed by atoms with Gasteiger partial charge in [-0.25, -0.2) is 14.3 Å². The van der Waals surface area contributed by atoms with Crippen molar-refractivity contribution in [2.24, 2.45) is 5.92 Å². The Morgan fingerprint density at radius 3 is 3.20 bits per heavy atom. The van der Waals surface area contributed by atoms with Crippen molar-refractivity contribution in [2.45, 2.75) is 19.3 Å². The first-order valence-electron chi connectivity index (χ1n) is 5.18. The minimum Gasteiger partial charge on any atom is -0.448 e. The average Bonchev–Trinajstić information content (AvgIpc) is 2.81. The van der Waals surface area contributed by atoms with Gasteiger partial charge < -0.3 is 4.74 Å². The number of hydrogen-bond donors (Lipinski definition) is 0. The minimum atomic E-state index is -0.355. The SMILES string of the molecule is O=C(OCC1C=CCCC1)n1ccnc1. The van der Waals surface area contributed by atoms with Crippen LogP contribution < -0.4 is 0 Å². The van der Waals surface area contributed by atoms with Crippen LogP contribution in [0.15, 0.2) is 30.9 Å². The van der Waals surface area contributed by atoms with Gasteiger partial charge in [-0.05, 0) is 19.3 Å². The van der Waals surface area contributed by atoms with Crippen LogP contribution in [-0.4, -0.2) is 22.3 Å². The summed E-state index contributed by atoms with van der Waals surface area (Å²) in [6, 6.07) is 0. The van der Waals surface area contributed by atoms with E-state index in [4.69, 9.17) is 4.74 Å². The Kier molecular flexibility index (Phi) is 3.17. The minimum absolute atomic E-state index is 0.355. The van der Waals surface area contributed by atoms with Gasteiger partial charge in [0.1, 0.15) is 6.33 Å². The highest BCUT2D eigenvalue weighted by atomic mass is 16.5. The molecule has 4 nitrogen and oxygen atoms in total. The highest BCUT2D eigenvalue weighted by molar-refractivity contribution is 5.69. The Bertz CT molecular complexity index is 343. The zero-order valence-electron chi connectivity index (χ0n) is 8.50. The molecule has 1 aliphatic rings. The van der Waals surface area contributed by atoms with Gasteiger partial charge in [0.2, 0.25) is 0 Å². The first-order chi connectivity index (χ1) is 7.36. The van der Waals surface area contributed by atoms with Gasteiger partial charge in [-0.3, -0.25) is 0 Å². The predicted octanol–water partition coefficient (Wildman–Crippen LogP) is 2.22. The van der Waals surface area contributed by atoms with E-state index in [0.29, 0.717) is 12.5 Å². The van der Waals surface area contributed by atoms with Crippen molar-refractivity contribution in [3.8, 4) is 0 Å². The van der Waals surface area contributed by atoms with Gasteiger partial charge in [0.05, 0.1) is 6.61 Å². The van der Waals surface area contributed by atoms with Crippen LogP contribution in [0.4, 0.5) is 4.79 Å². The van der Waals surface area contributed by atoms with Crippen LogP contribution in [0.1, 0.15) is 19.3 Å². The van der Waals surface area contributed by atoms with E-state index in [1.165, 1.54) is 17.3 Å². The number of imidazole rings is 1. The Morgan fingerprint density at radius 1 is 1.60 bits per heavy atom. The molecule has 0 aromatic carbocycles. The van der Waals surface area contributed by atoms with E-state index in [9.17, 15) is 4.79 Å². The second kappa shape index (κ2) is 4.77. The van der Waals surface area contributed by atoms with Gasteiger partial charge >= 0.3 is 6.09 Å². The Morgan fingerprint density at radius 2 is 2.53 bits per heavy atom. The summed E-state index contributed by atoms with van der Waals surface area (Å²) in [5.74, 6) is 0.381. The van der Waals surface area contributed by atoms with Crippen molar-refractivity contribution in [3.05, 3.63) is 30.9 Å². The maximum absolute atomic E-state index is 11.4. The lowest BCUT2D eigenvalue weighted by Gasteiger charge is -2.15. The summed E-state index contributed by atoms with van der Waals surface area (Å²) < 4.78 is 6.50. The van der Waals surface area contributed by atoms with Gasteiger partial charge in [0.15, 0.2) is 0 Å². The van der Waals surface area contributed by atoms with Crippen LogP contribution in [0.25, 0.3) is 0 Å². The van der Waals surface area contributed by atoms with Crippen LogP contribution in [0, 0.1) is 5.92 Å². The molecule has 1 aromatic heterocycles. The molecule has 0 radical (unpaired) electrons. The average molecular weight is 206 g/mol. The number of nitrogens with zero attached hydrogens (tertiary/aromatic N) is 2. The molecule has 1 atom stereocenters. The standard InChI is InChI=1S/C11H14N2O2/c14-11(13-7-6-12-9-13)15-8-10-4-2-1-3-5-10/h2,4,6-7,9-10H,1,3,5,8H2. The molecule has 1 heterocycles. The summed E-state index contributed by atoms with van der Waals surface area (Å²) in [6.45, 7) is 0.466. The smallest absolute Gasteiger partial charge is 0.419 e. The third kappa shape index (κ3) is 2.68. The molecule has 15 heavy (non-hydrogen) atoms. The molecule has 0 amide bonds. The van der Waals surface area contributed by atoms with E-state index in [-0.39, 0.29) is 6.09 Å². The lowest BCUT2D eigenvalue weighted by Crippen LogP contribution is -2.17. The fourth-order valence-electron chi connectivity index (χ4n) is 1.64. The molecule has 1 aromatic rings. The lowest BCUT2D eigenvalue weighted by molar-refractivity contribution is 0.133. The maximum Gasteiger partial charge on any atom is 0.419 e. The molecule has 2 rings (SSSR count). The summed E-state index contributed by atoms with van der Waals surface area (Å²) in [4.78, 5) is 15.2. The molecule has 0 saturated heterocycles. The highest BCUT2D eigenvalue weighted by Gasteiger charge is 2.11. The fourth-order valence-corrected chi connectivity index (χ4v) is 1.64. The summed E-state index contributed by atoms with van der Waals surface area (Å²) >= 11 is 0. The molecular formula is C11H14N2O2. The first kappa shape index (κ1) is 9.96. The third-order valence-corrected chi connectivity index (χ3v) is 2.49. The molecule has 1 unspecified atom stereocenters. The summed E-state index contributed by atoms with van der Waals surface area (Å²) in [5, 5.41) is 0. The summed E-state index contributed by atoms with van der Waals surface area (Å²) in [5.41, 5.74) is 0. The van der Waals surface area contributed by atoms with E-state index in [0.717, 1.165) is 12.8 Å². The van der Waals surface area contributed by atoms with E-state index in [1.807, 2.05) is 0 Å². The van der Waals surface area contributed by atoms with Gasteiger partial charge in [0.25, 0.3) is 0 Å². The molecule has 0 spiro atoms. The number of carbonyl (C=O) groups is 1. The van der Waals surface area contributed by atoms with Gasteiger partial charge in [0, 0.05) is 18.3 Å². The number of allylic oxidation sites excluding steroid dienone is 1. The highest BCUT2D eigenvalue weighted by Crippen LogP contribution is 2.17.